The van der Waals surface area contributed by atoms with Gasteiger partial charge in [0, 0.05) is 0 Å². The Labute approximate surface area is 130 Å². The number of rotatable bonds is 4. The zero-order valence-electron chi connectivity index (χ0n) is 12.4. The van der Waals surface area contributed by atoms with Crippen LogP contribution in [0.15, 0.2) is 29.3 Å². The Hall–Kier alpha value is -2.97. The van der Waals surface area contributed by atoms with Crippen molar-refractivity contribution in [1.29, 1.82) is 0 Å². The van der Waals surface area contributed by atoms with E-state index in [1.807, 2.05) is 0 Å². The van der Waals surface area contributed by atoms with Crippen molar-refractivity contribution in [2.24, 2.45) is 4.99 Å². The van der Waals surface area contributed by atoms with E-state index in [4.69, 9.17) is 0 Å². The average Bonchev–Trinajstić information content (AvgIpc) is 2.56. The van der Waals surface area contributed by atoms with Crippen LogP contribution in [-0.2, 0) is 23.9 Å². The quantitative estimate of drug-likeness (QED) is 0.794. The molecule has 1 N–H and O–H groups in total. The van der Waals surface area contributed by atoms with E-state index >= 15 is 0 Å². The molecule has 0 saturated carbocycles. The summed E-state index contributed by atoms with van der Waals surface area (Å²) >= 11 is 0. The Morgan fingerprint density at radius 2 is 1.91 bits per heavy atom. The number of anilines is 1. The number of ether oxygens (including phenoxy) is 2. The standard InChI is InChI=1S/C14H14FN3O5/c1-22-11(19)7-10-13(20)18(9-5-3-8(15)4-6-9)17-12(16-10)14(21)23-2/h3-6,10H,7H2,1-2H3,(H,16,17). The highest BCUT2D eigenvalue weighted by Gasteiger charge is 2.35. The highest BCUT2D eigenvalue weighted by molar-refractivity contribution is 6.37. The van der Waals surface area contributed by atoms with Gasteiger partial charge in [0.05, 0.1) is 26.3 Å². The molecule has 0 radical (unpaired) electrons. The van der Waals surface area contributed by atoms with Gasteiger partial charge in [-0.3, -0.25) is 15.0 Å². The van der Waals surface area contributed by atoms with E-state index in [1.54, 1.807) is 0 Å². The van der Waals surface area contributed by atoms with Crippen molar-refractivity contribution in [1.82, 2.24) is 5.43 Å². The molecule has 23 heavy (non-hydrogen) atoms. The molecule has 0 spiro atoms. The largest absolute Gasteiger partial charge is 0.469 e. The van der Waals surface area contributed by atoms with Gasteiger partial charge in [-0.1, -0.05) is 0 Å². The molecule has 1 atom stereocenters. The normalized spacial score (nSPS) is 17.2. The second-order valence-corrected chi connectivity index (χ2v) is 4.53. The minimum atomic E-state index is -1.15. The third-order valence-corrected chi connectivity index (χ3v) is 3.06. The summed E-state index contributed by atoms with van der Waals surface area (Å²) in [5.41, 5.74) is 2.78. The van der Waals surface area contributed by atoms with E-state index in [2.05, 4.69) is 19.9 Å². The van der Waals surface area contributed by atoms with Gasteiger partial charge in [-0.2, -0.15) is 0 Å². The van der Waals surface area contributed by atoms with Crippen LogP contribution < -0.4 is 10.4 Å². The van der Waals surface area contributed by atoms with Crippen LogP contribution in [0.5, 0.6) is 0 Å². The molecule has 1 aliphatic heterocycles. The zero-order valence-corrected chi connectivity index (χ0v) is 12.4. The third-order valence-electron chi connectivity index (χ3n) is 3.06. The number of nitrogens with zero attached hydrogens (tertiary/aromatic N) is 2. The van der Waals surface area contributed by atoms with Gasteiger partial charge in [0.25, 0.3) is 5.91 Å². The van der Waals surface area contributed by atoms with Crippen molar-refractivity contribution < 1.29 is 28.2 Å². The van der Waals surface area contributed by atoms with Crippen LogP contribution in [0.25, 0.3) is 0 Å². The lowest BCUT2D eigenvalue weighted by molar-refractivity contribution is -0.142. The maximum Gasteiger partial charge on any atom is 0.375 e. The van der Waals surface area contributed by atoms with Crippen molar-refractivity contribution in [3.8, 4) is 0 Å². The zero-order chi connectivity index (χ0) is 17.0. The van der Waals surface area contributed by atoms with E-state index < -0.39 is 29.7 Å². The maximum atomic E-state index is 13.0. The molecule has 2 rings (SSSR count). The second-order valence-electron chi connectivity index (χ2n) is 4.53. The predicted octanol–water partition coefficient (Wildman–Crippen LogP) is 0.180. The second kappa shape index (κ2) is 6.86. The Morgan fingerprint density at radius 3 is 2.48 bits per heavy atom. The van der Waals surface area contributed by atoms with Gasteiger partial charge in [0.2, 0.25) is 5.84 Å². The number of amides is 1. The Kier molecular flexibility index (Phi) is 4.89. The van der Waals surface area contributed by atoms with Crippen LogP contribution in [-0.4, -0.2) is 43.9 Å². The number of aliphatic imine (C=N–C) groups is 1. The van der Waals surface area contributed by atoms with Gasteiger partial charge in [0.15, 0.2) is 0 Å². The number of hydrogen-bond donors (Lipinski definition) is 1. The summed E-state index contributed by atoms with van der Waals surface area (Å²) in [6, 6.07) is 3.85. The van der Waals surface area contributed by atoms with Crippen LogP contribution >= 0.6 is 0 Å². The van der Waals surface area contributed by atoms with E-state index in [0.717, 1.165) is 24.3 Å². The molecule has 0 fully saturated rings. The summed E-state index contributed by atoms with van der Waals surface area (Å²) in [6.45, 7) is 0. The van der Waals surface area contributed by atoms with E-state index in [9.17, 15) is 18.8 Å². The first-order chi connectivity index (χ1) is 11.0. The van der Waals surface area contributed by atoms with Crippen molar-refractivity contribution in [3.63, 3.8) is 0 Å². The van der Waals surface area contributed by atoms with E-state index in [0.29, 0.717) is 0 Å². The fourth-order valence-electron chi connectivity index (χ4n) is 1.90. The van der Waals surface area contributed by atoms with Gasteiger partial charge in [0.1, 0.15) is 11.9 Å². The molecule has 1 aromatic carbocycles. The summed E-state index contributed by atoms with van der Waals surface area (Å²) in [4.78, 5) is 39.4. The fraction of sp³-hybridized carbons (Fsp3) is 0.286. The van der Waals surface area contributed by atoms with Crippen LogP contribution in [0, 0.1) is 5.82 Å². The Morgan fingerprint density at radius 1 is 1.26 bits per heavy atom. The third kappa shape index (κ3) is 3.62. The molecule has 1 heterocycles. The number of hydrogen-bond acceptors (Lipinski definition) is 7. The highest BCUT2D eigenvalue weighted by atomic mass is 19.1. The lowest BCUT2D eigenvalue weighted by Gasteiger charge is -2.30. The number of methoxy groups -OCH3 is 2. The maximum absolute atomic E-state index is 13.0. The monoisotopic (exact) mass is 323 g/mol. The highest BCUT2D eigenvalue weighted by Crippen LogP contribution is 2.19. The van der Waals surface area contributed by atoms with Crippen LogP contribution in [0.1, 0.15) is 6.42 Å². The lowest BCUT2D eigenvalue weighted by Crippen LogP contribution is -2.57. The van der Waals surface area contributed by atoms with Crippen LogP contribution in [0.2, 0.25) is 0 Å². The molecule has 9 heteroatoms. The van der Waals surface area contributed by atoms with Gasteiger partial charge >= 0.3 is 11.9 Å². The van der Waals surface area contributed by atoms with Gasteiger partial charge < -0.3 is 9.47 Å². The minimum Gasteiger partial charge on any atom is -0.469 e. The summed E-state index contributed by atoms with van der Waals surface area (Å²) in [6.07, 6.45) is -0.338. The molecule has 1 amide bonds. The topological polar surface area (TPSA) is 97.3 Å². The number of nitrogens with one attached hydrogen (secondary N) is 1. The molecular weight excluding hydrogens is 309 g/mol. The van der Waals surface area contributed by atoms with Crippen LogP contribution in [0.3, 0.4) is 0 Å². The summed E-state index contributed by atoms with van der Waals surface area (Å²) in [5, 5.41) is 1.01. The van der Waals surface area contributed by atoms with Gasteiger partial charge in [-0.25, -0.2) is 19.2 Å². The summed E-state index contributed by atoms with van der Waals surface area (Å²) in [7, 11) is 2.33. The first-order valence-corrected chi connectivity index (χ1v) is 6.55. The summed E-state index contributed by atoms with van der Waals surface area (Å²) < 4.78 is 22.1. The Balaban J connectivity index is 2.35. The van der Waals surface area contributed by atoms with Crippen molar-refractivity contribution in [3.05, 3.63) is 30.1 Å². The van der Waals surface area contributed by atoms with E-state index in [1.165, 1.54) is 19.2 Å². The SMILES string of the molecule is COC(=O)CC1N=C(C(=O)OC)NN(c2ccc(F)cc2)C1=O. The van der Waals surface area contributed by atoms with Gasteiger partial charge in [-0.15, -0.1) is 0 Å². The molecule has 0 aromatic heterocycles. The summed E-state index contributed by atoms with van der Waals surface area (Å²) in [5.74, 6) is -2.78. The number of carbonyl (C=O) groups is 3. The number of amidine groups is 1. The van der Waals surface area contributed by atoms with Crippen molar-refractivity contribution >= 4 is 29.4 Å². The molecule has 0 bridgehead atoms. The molecule has 1 aromatic rings. The number of carbonyl (C=O) groups excluding carboxylic acids is 3. The minimum absolute atomic E-state index is 0.245. The van der Waals surface area contributed by atoms with Crippen molar-refractivity contribution in [2.75, 3.05) is 19.2 Å². The molecule has 0 aliphatic carbocycles. The average molecular weight is 323 g/mol. The predicted molar refractivity (Wildman–Crippen MR) is 76.9 cm³/mol. The fourth-order valence-corrected chi connectivity index (χ4v) is 1.90. The molecule has 8 nitrogen and oxygen atoms in total. The number of esters is 2. The molecule has 1 aliphatic rings. The number of benzene rings is 1. The lowest BCUT2D eigenvalue weighted by atomic mass is 10.1. The Bertz CT molecular complexity index is 659. The van der Waals surface area contributed by atoms with Crippen LogP contribution in [0.4, 0.5) is 10.1 Å². The number of hydrazine groups is 1. The van der Waals surface area contributed by atoms with Gasteiger partial charge in [-0.05, 0) is 24.3 Å². The molecule has 0 saturated heterocycles. The van der Waals surface area contributed by atoms with E-state index in [-0.39, 0.29) is 17.9 Å². The molecular formula is C14H14FN3O5. The smallest absolute Gasteiger partial charge is 0.375 e. The molecule has 122 valence electrons. The molecule has 1 unspecified atom stereocenters. The van der Waals surface area contributed by atoms with Crippen molar-refractivity contribution in [2.45, 2.75) is 12.5 Å². The first kappa shape index (κ1) is 16.4. The first-order valence-electron chi connectivity index (χ1n) is 6.55. The number of halogens is 1.